The van der Waals surface area contributed by atoms with Gasteiger partial charge in [-0.3, -0.25) is 4.79 Å². The van der Waals surface area contributed by atoms with Crippen molar-refractivity contribution in [3.63, 3.8) is 0 Å². The lowest BCUT2D eigenvalue weighted by molar-refractivity contribution is -0.108. The van der Waals surface area contributed by atoms with Gasteiger partial charge in [0.15, 0.2) is 11.6 Å². The fourth-order valence-electron chi connectivity index (χ4n) is 3.37. The molecule has 3 aromatic rings. The first-order valence-electron chi connectivity index (χ1n) is 9.01. The SMILES string of the molecule is CN(CC(CC=O)c1ccc(F)c(F)c1)C(=O)c1cc(C#N)cc2ccccc12. The van der Waals surface area contributed by atoms with Crippen molar-refractivity contribution in [2.75, 3.05) is 13.6 Å². The van der Waals surface area contributed by atoms with E-state index in [4.69, 9.17) is 0 Å². The van der Waals surface area contributed by atoms with E-state index in [0.29, 0.717) is 28.4 Å². The van der Waals surface area contributed by atoms with E-state index in [2.05, 4.69) is 6.07 Å². The Bertz CT molecular complexity index is 1120. The zero-order valence-corrected chi connectivity index (χ0v) is 15.7. The Balaban J connectivity index is 1.93. The number of likely N-dealkylation sites (N-methyl/N-ethyl adjacent to an activating group) is 1. The molecule has 0 fully saturated rings. The Morgan fingerprint density at radius 3 is 2.59 bits per heavy atom. The molecule has 0 radical (unpaired) electrons. The molecule has 0 aromatic heterocycles. The Morgan fingerprint density at radius 2 is 1.90 bits per heavy atom. The fraction of sp³-hybridized carbons (Fsp3) is 0.174. The van der Waals surface area contributed by atoms with Gasteiger partial charge in [0.1, 0.15) is 6.29 Å². The number of benzene rings is 3. The number of fused-ring (bicyclic) bond motifs is 1. The zero-order chi connectivity index (χ0) is 21.0. The maximum Gasteiger partial charge on any atom is 0.254 e. The third-order valence-electron chi connectivity index (χ3n) is 4.86. The molecular formula is C23H18F2N2O2. The molecule has 0 saturated carbocycles. The van der Waals surface area contributed by atoms with Crippen molar-refractivity contribution in [1.82, 2.24) is 4.90 Å². The molecule has 0 heterocycles. The number of hydrogen-bond acceptors (Lipinski definition) is 3. The number of halogens is 2. The van der Waals surface area contributed by atoms with Crippen molar-refractivity contribution in [1.29, 1.82) is 5.26 Å². The summed E-state index contributed by atoms with van der Waals surface area (Å²) in [6.07, 6.45) is 0.748. The highest BCUT2D eigenvalue weighted by Gasteiger charge is 2.21. The van der Waals surface area contributed by atoms with Crippen molar-refractivity contribution in [3.05, 3.63) is 82.9 Å². The number of rotatable bonds is 6. The average Bonchev–Trinajstić information content (AvgIpc) is 2.73. The van der Waals surface area contributed by atoms with Gasteiger partial charge in [-0.05, 0) is 40.6 Å². The number of carbonyl (C=O) groups is 2. The van der Waals surface area contributed by atoms with E-state index in [0.717, 1.165) is 17.5 Å². The topological polar surface area (TPSA) is 61.2 Å². The van der Waals surface area contributed by atoms with Crippen molar-refractivity contribution < 1.29 is 18.4 Å². The van der Waals surface area contributed by atoms with Gasteiger partial charge >= 0.3 is 0 Å². The largest absolute Gasteiger partial charge is 0.341 e. The summed E-state index contributed by atoms with van der Waals surface area (Å²) in [4.78, 5) is 25.7. The molecule has 1 amide bonds. The van der Waals surface area contributed by atoms with Crippen LogP contribution in [-0.2, 0) is 4.79 Å². The molecule has 4 nitrogen and oxygen atoms in total. The summed E-state index contributed by atoms with van der Waals surface area (Å²) in [6.45, 7) is 0.133. The minimum absolute atomic E-state index is 0.0572. The molecule has 1 atom stereocenters. The summed E-state index contributed by atoms with van der Waals surface area (Å²) < 4.78 is 26.9. The number of nitrogens with zero attached hydrogens (tertiary/aromatic N) is 2. The van der Waals surface area contributed by atoms with Crippen LogP contribution >= 0.6 is 0 Å². The smallest absolute Gasteiger partial charge is 0.254 e. The van der Waals surface area contributed by atoms with Crippen LogP contribution in [0.15, 0.2) is 54.6 Å². The molecular weight excluding hydrogens is 374 g/mol. The number of nitriles is 1. The lowest BCUT2D eigenvalue weighted by atomic mass is 9.94. The van der Waals surface area contributed by atoms with Gasteiger partial charge in [-0.1, -0.05) is 30.3 Å². The molecule has 29 heavy (non-hydrogen) atoms. The zero-order valence-electron chi connectivity index (χ0n) is 15.7. The van der Waals surface area contributed by atoms with Crippen LogP contribution in [0, 0.1) is 23.0 Å². The Morgan fingerprint density at radius 1 is 1.14 bits per heavy atom. The summed E-state index contributed by atoms with van der Waals surface area (Å²) in [5.41, 5.74) is 1.18. The van der Waals surface area contributed by atoms with E-state index < -0.39 is 17.6 Å². The summed E-state index contributed by atoms with van der Waals surface area (Å²) in [5.74, 6) is -2.78. The number of carbonyl (C=O) groups excluding carboxylic acids is 2. The van der Waals surface area contributed by atoms with Gasteiger partial charge in [-0.2, -0.15) is 5.26 Å². The summed E-state index contributed by atoms with van der Waals surface area (Å²) >= 11 is 0. The normalized spacial score (nSPS) is 11.7. The lowest BCUT2D eigenvalue weighted by Crippen LogP contribution is -2.31. The average molecular weight is 392 g/mol. The second-order valence-electron chi connectivity index (χ2n) is 6.82. The van der Waals surface area contributed by atoms with E-state index in [9.17, 15) is 23.6 Å². The van der Waals surface area contributed by atoms with E-state index in [1.807, 2.05) is 18.2 Å². The third-order valence-corrected chi connectivity index (χ3v) is 4.86. The van der Waals surface area contributed by atoms with Gasteiger partial charge in [0.2, 0.25) is 0 Å². The van der Waals surface area contributed by atoms with E-state index >= 15 is 0 Å². The molecule has 0 aliphatic heterocycles. The second kappa shape index (κ2) is 8.61. The summed E-state index contributed by atoms with van der Waals surface area (Å²) in [7, 11) is 1.58. The van der Waals surface area contributed by atoms with Crippen molar-refractivity contribution in [2.24, 2.45) is 0 Å². The van der Waals surface area contributed by atoms with Crippen LogP contribution in [0.3, 0.4) is 0 Å². The van der Waals surface area contributed by atoms with Crippen molar-refractivity contribution in [2.45, 2.75) is 12.3 Å². The quantitative estimate of drug-likeness (QED) is 0.583. The van der Waals surface area contributed by atoms with Crippen molar-refractivity contribution >= 4 is 23.0 Å². The molecule has 0 spiro atoms. The minimum Gasteiger partial charge on any atom is -0.341 e. The standard InChI is InChI=1S/C23H18F2N2O2/c1-27(14-18(8-9-28)16-6-7-21(24)22(25)12-16)23(29)20-11-15(13-26)10-17-4-2-3-5-19(17)20/h2-7,9-12,18H,8,14H2,1H3. The highest BCUT2D eigenvalue weighted by Crippen LogP contribution is 2.25. The first-order valence-corrected chi connectivity index (χ1v) is 9.01. The number of aldehydes is 1. The molecule has 3 rings (SSSR count). The van der Waals surface area contributed by atoms with Crippen LogP contribution in [0.1, 0.15) is 33.8 Å². The van der Waals surface area contributed by atoms with Crippen LogP contribution in [0.25, 0.3) is 10.8 Å². The number of amides is 1. The molecule has 1 unspecified atom stereocenters. The molecule has 0 N–H and O–H groups in total. The molecule has 0 aliphatic rings. The first kappa shape index (κ1) is 20.2. The summed E-state index contributed by atoms with van der Waals surface area (Å²) in [6, 6.07) is 16.0. The Hall–Kier alpha value is -3.59. The number of hydrogen-bond donors (Lipinski definition) is 0. The molecule has 146 valence electrons. The second-order valence-corrected chi connectivity index (χ2v) is 6.82. The van der Waals surface area contributed by atoms with E-state index in [-0.39, 0.29) is 18.9 Å². The molecule has 3 aromatic carbocycles. The maximum atomic E-state index is 13.6. The van der Waals surface area contributed by atoms with Crippen molar-refractivity contribution in [3.8, 4) is 6.07 Å². The van der Waals surface area contributed by atoms with E-state index in [1.54, 1.807) is 19.2 Å². The fourth-order valence-corrected chi connectivity index (χ4v) is 3.37. The predicted molar refractivity (Wildman–Crippen MR) is 105 cm³/mol. The van der Waals surface area contributed by atoms with Crippen LogP contribution in [0.2, 0.25) is 0 Å². The van der Waals surface area contributed by atoms with E-state index in [1.165, 1.54) is 17.0 Å². The Kier molecular flexibility index (Phi) is 5.99. The van der Waals surface area contributed by atoms with Gasteiger partial charge in [-0.15, -0.1) is 0 Å². The lowest BCUT2D eigenvalue weighted by Gasteiger charge is -2.24. The van der Waals surface area contributed by atoms with Gasteiger partial charge in [0, 0.05) is 31.5 Å². The minimum atomic E-state index is -1.000. The van der Waals surface area contributed by atoms with Gasteiger partial charge in [0.05, 0.1) is 11.6 Å². The van der Waals surface area contributed by atoms with Crippen LogP contribution in [-0.4, -0.2) is 30.7 Å². The monoisotopic (exact) mass is 392 g/mol. The molecule has 0 bridgehead atoms. The highest BCUT2D eigenvalue weighted by molar-refractivity contribution is 6.07. The molecule has 0 saturated heterocycles. The van der Waals surface area contributed by atoms with Crippen LogP contribution < -0.4 is 0 Å². The van der Waals surface area contributed by atoms with Gasteiger partial charge in [-0.25, -0.2) is 8.78 Å². The molecule has 6 heteroatoms. The molecule has 0 aliphatic carbocycles. The Labute approximate surface area is 167 Å². The first-order chi connectivity index (χ1) is 13.9. The predicted octanol–water partition coefficient (Wildman–Crippen LogP) is 4.43. The maximum absolute atomic E-state index is 13.6. The van der Waals surface area contributed by atoms with Gasteiger partial charge < -0.3 is 9.69 Å². The van der Waals surface area contributed by atoms with Gasteiger partial charge in [0.25, 0.3) is 5.91 Å². The van der Waals surface area contributed by atoms with Crippen LogP contribution in [0.5, 0.6) is 0 Å². The third kappa shape index (κ3) is 4.30. The highest BCUT2D eigenvalue weighted by atomic mass is 19.2. The van der Waals surface area contributed by atoms with Crippen LogP contribution in [0.4, 0.5) is 8.78 Å². The summed E-state index contributed by atoms with van der Waals surface area (Å²) in [5, 5.41) is 10.8.